The predicted octanol–water partition coefficient (Wildman–Crippen LogP) is 1.88. The van der Waals surface area contributed by atoms with Gasteiger partial charge in [0.15, 0.2) is 0 Å². The monoisotopic (exact) mass is 355 g/mol. The van der Waals surface area contributed by atoms with Crippen molar-refractivity contribution in [1.29, 1.82) is 0 Å². The zero-order valence-corrected chi connectivity index (χ0v) is 15.5. The van der Waals surface area contributed by atoms with Crippen molar-refractivity contribution in [3.8, 4) is 0 Å². The molecule has 137 valence electrons. The molecule has 1 radical (unpaired) electrons. The molecule has 26 heavy (non-hydrogen) atoms. The van der Waals surface area contributed by atoms with Gasteiger partial charge in [0, 0.05) is 6.92 Å². The quantitative estimate of drug-likeness (QED) is 0.599. The number of hydrogen-bond donors (Lipinski definition) is 1. The minimum atomic E-state index is -0.338. The zero-order valence-electron chi connectivity index (χ0n) is 15.5. The summed E-state index contributed by atoms with van der Waals surface area (Å²) >= 11 is 0. The molecule has 7 heteroatoms. The van der Waals surface area contributed by atoms with Crippen molar-refractivity contribution in [3.05, 3.63) is 29.8 Å². The number of anilines is 1. The van der Waals surface area contributed by atoms with Crippen molar-refractivity contribution in [2.24, 2.45) is 11.8 Å². The summed E-state index contributed by atoms with van der Waals surface area (Å²) < 4.78 is 4.91. The molecule has 1 aliphatic rings. The van der Waals surface area contributed by atoms with E-state index in [1.165, 1.54) is 11.8 Å². The number of hydrogen-bond acceptors (Lipinski definition) is 4. The van der Waals surface area contributed by atoms with Crippen molar-refractivity contribution in [3.63, 3.8) is 0 Å². The van der Waals surface area contributed by atoms with Crippen molar-refractivity contribution < 1.29 is 19.1 Å². The van der Waals surface area contributed by atoms with Crippen molar-refractivity contribution in [2.75, 3.05) is 11.9 Å². The van der Waals surface area contributed by atoms with Crippen LogP contribution in [0.3, 0.4) is 0 Å². The Morgan fingerprint density at radius 1 is 1.31 bits per heavy atom. The van der Waals surface area contributed by atoms with Crippen LogP contribution in [0.25, 0.3) is 0 Å². The Balaban J connectivity index is 1.82. The Morgan fingerprint density at radius 2 is 1.96 bits per heavy atom. The third kappa shape index (κ3) is 5.28. The summed E-state index contributed by atoms with van der Waals surface area (Å²) in [6.45, 7) is 5.83. The summed E-state index contributed by atoms with van der Waals surface area (Å²) in [6, 6.07) is 7.04. The number of nitrogens with zero attached hydrogens (tertiary/aromatic N) is 1. The summed E-state index contributed by atoms with van der Waals surface area (Å²) in [5, 5.41) is 2.79. The molecular formula is C19H24BN2O4. The molecule has 0 aliphatic carbocycles. The van der Waals surface area contributed by atoms with Crippen LogP contribution in [0.15, 0.2) is 24.3 Å². The number of nitrogens with one attached hydrogen (secondary N) is 1. The van der Waals surface area contributed by atoms with Crippen LogP contribution in [0.4, 0.5) is 5.69 Å². The van der Waals surface area contributed by atoms with Gasteiger partial charge in [0.05, 0.1) is 0 Å². The zero-order chi connectivity index (χ0) is 19.3. The normalized spacial score (nSPS) is 16.9. The maximum atomic E-state index is 12.3. The summed E-state index contributed by atoms with van der Waals surface area (Å²) in [6.07, 6.45) is 0.731. The van der Waals surface area contributed by atoms with Gasteiger partial charge in [0.1, 0.15) is 0 Å². The first-order valence-electron chi connectivity index (χ1n) is 8.72. The topological polar surface area (TPSA) is 75.7 Å². The van der Waals surface area contributed by atoms with E-state index in [0.717, 1.165) is 5.56 Å². The molecule has 0 saturated carbocycles. The fraction of sp³-hybridized carbons (Fsp3) is 0.474. The Morgan fingerprint density at radius 3 is 2.50 bits per heavy atom. The van der Waals surface area contributed by atoms with Crippen LogP contribution in [0, 0.1) is 11.8 Å². The molecule has 2 amide bonds. The first kappa shape index (κ1) is 19.9. The standard InChI is InChI=1S/C19H24BN2O4/c1-12(2)16-10-17(20)22(19(16)25)9-8-18(24)21-15-6-4-14(5-7-15)11-26-13(3)23/h4-7,12,16H,8-11H2,1-3H3,(H,21,24). The number of rotatable bonds is 7. The summed E-state index contributed by atoms with van der Waals surface area (Å²) in [4.78, 5) is 36.8. The first-order valence-corrected chi connectivity index (χ1v) is 8.72. The number of carbonyl (C=O) groups is 3. The molecule has 1 aromatic carbocycles. The van der Waals surface area contributed by atoms with Crippen LogP contribution in [-0.2, 0) is 25.7 Å². The second-order valence-corrected chi connectivity index (χ2v) is 6.81. The third-order valence-corrected chi connectivity index (χ3v) is 4.41. The Hall–Kier alpha value is -2.44. The molecule has 1 unspecified atom stereocenters. The van der Waals surface area contributed by atoms with E-state index in [0.29, 0.717) is 17.7 Å². The molecule has 0 spiro atoms. The van der Waals surface area contributed by atoms with Gasteiger partial charge in [-0.25, -0.2) is 0 Å². The summed E-state index contributed by atoms with van der Waals surface area (Å²) in [5.41, 5.74) is 2.02. The van der Waals surface area contributed by atoms with Crippen LogP contribution in [-0.4, -0.2) is 42.3 Å². The molecular weight excluding hydrogens is 331 g/mol. The second kappa shape index (κ2) is 8.78. The van der Waals surface area contributed by atoms with E-state index in [2.05, 4.69) is 5.32 Å². The second-order valence-electron chi connectivity index (χ2n) is 6.81. The average Bonchev–Trinajstić information content (AvgIpc) is 2.87. The number of amides is 2. The van der Waals surface area contributed by atoms with Gasteiger partial charge in [-0.1, -0.05) is 0 Å². The number of likely N-dealkylation sites (tertiary alicyclic amines) is 1. The van der Waals surface area contributed by atoms with Gasteiger partial charge in [0.2, 0.25) is 0 Å². The van der Waals surface area contributed by atoms with E-state index in [9.17, 15) is 14.4 Å². The summed E-state index contributed by atoms with van der Waals surface area (Å²) in [5.74, 6) is -0.394. The van der Waals surface area contributed by atoms with Crippen LogP contribution >= 0.6 is 0 Å². The molecule has 1 fully saturated rings. The molecule has 6 nitrogen and oxygen atoms in total. The molecule has 0 aromatic heterocycles. The van der Waals surface area contributed by atoms with Crippen molar-refractivity contribution in [2.45, 2.75) is 40.2 Å². The Kier molecular flexibility index (Phi) is 6.72. The number of benzene rings is 1. The van der Waals surface area contributed by atoms with Gasteiger partial charge < -0.3 is 0 Å². The molecule has 2 rings (SSSR count). The Bertz CT molecular complexity index is 700. The van der Waals surface area contributed by atoms with Crippen LogP contribution in [0.1, 0.15) is 39.2 Å². The van der Waals surface area contributed by atoms with Gasteiger partial charge in [-0.3, -0.25) is 4.79 Å². The van der Waals surface area contributed by atoms with Gasteiger partial charge in [-0.05, 0) is 0 Å². The fourth-order valence-electron chi connectivity index (χ4n) is 2.85. The molecule has 0 bridgehead atoms. The van der Waals surface area contributed by atoms with E-state index in [1.54, 1.807) is 24.3 Å². The van der Waals surface area contributed by atoms with Crippen molar-refractivity contribution in [1.82, 2.24) is 4.90 Å². The molecule has 1 heterocycles. The van der Waals surface area contributed by atoms with Gasteiger partial charge in [0.25, 0.3) is 0 Å². The maximum absolute atomic E-state index is 12.3. The molecule has 1 atom stereocenters. The van der Waals surface area contributed by atoms with E-state index >= 15 is 0 Å². The third-order valence-electron chi connectivity index (χ3n) is 4.41. The molecule has 1 aliphatic heterocycles. The predicted molar refractivity (Wildman–Crippen MR) is 101 cm³/mol. The Labute approximate surface area is 155 Å². The minimum absolute atomic E-state index is 0.000115. The number of carbonyl (C=O) groups excluding carboxylic acids is 3. The van der Waals surface area contributed by atoms with E-state index in [1.807, 2.05) is 13.8 Å². The molecule has 1 saturated heterocycles. The molecule has 1 N–H and O–H groups in total. The first-order chi connectivity index (χ1) is 12.3. The van der Waals surface area contributed by atoms with Crippen LogP contribution in [0.5, 0.6) is 0 Å². The number of ether oxygens (including phenoxy) is 1. The van der Waals surface area contributed by atoms with E-state index in [4.69, 9.17) is 12.2 Å². The van der Waals surface area contributed by atoms with Gasteiger partial charge >= 0.3 is 143 Å². The van der Waals surface area contributed by atoms with Crippen molar-refractivity contribution >= 4 is 36.5 Å². The van der Waals surface area contributed by atoms with Crippen LogP contribution < -0.4 is 5.32 Å². The molecule has 1 aromatic rings. The average molecular weight is 355 g/mol. The SMILES string of the molecule is [B]=C1CC(C(C)C)C(=O)N1CCC(=O)Nc1ccc(COC(C)=O)cc1. The van der Waals surface area contributed by atoms with Gasteiger partial charge in [-0.2, -0.15) is 0 Å². The number of esters is 1. The van der Waals surface area contributed by atoms with Gasteiger partial charge in [-0.15, -0.1) is 0 Å². The van der Waals surface area contributed by atoms with E-state index < -0.39 is 0 Å². The fourth-order valence-corrected chi connectivity index (χ4v) is 2.85. The van der Waals surface area contributed by atoms with E-state index in [-0.39, 0.29) is 49.2 Å². The summed E-state index contributed by atoms with van der Waals surface area (Å²) in [7, 11) is 5.96. The van der Waals surface area contributed by atoms with Crippen LogP contribution in [0.2, 0.25) is 0 Å².